The number of likely N-dealkylation sites (N-methyl/N-ethyl adjacent to an activating group) is 1. The Labute approximate surface area is 159 Å². The molecule has 140 valence electrons. The first kappa shape index (κ1) is 20.0. The summed E-state index contributed by atoms with van der Waals surface area (Å²) in [7, 11) is 5.11. The molecule has 0 saturated carbocycles. The molecule has 0 aliphatic rings. The van der Waals surface area contributed by atoms with Gasteiger partial charge in [-0.15, -0.1) is 0 Å². The molecule has 1 amide bonds. The van der Waals surface area contributed by atoms with Crippen molar-refractivity contribution in [3.05, 3.63) is 46.7 Å². The molecule has 2 aromatic rings. The van der Waals surface area contributed by atoms with E-state index in [0.29, 0.717) is 23.7 Å². The summed E-state index contributed by atoms with van der Waals surface area (Å²) in [6.07, 6.45) is 1.58. The molecular weight excluding hydrogens is 354 g/mol. The first-order chi connectivity index (χ1) is 12.4. The molecule has 2 rings (SSSR count). The molecule has 1 heterocycles. The van der Waals surface area contributed by atoms with Gasteiger partial charge in [0.2, 0.25) is 5.91 Å². The van der Waals surface area contributed by atoms with Crippen LogP contribution in [0.1, 0.15) is 18.1 Å². The minimum atomic E-state index is -0.362. The van der Waals surface area contributed by atoms with Crippen molar-refractivity contribution in [3.8, 4) is 11.5 Å². The molecule has 1 aromatic heterocycles. The quantitative estimate of drug-likeness (QED) is 0.748. The van der Waals surface area contributed by atoms with Crippen LogP contribution in [-0.4, -0.2) is 43.1 Å². The van der Waals surface area contributed by atoms with Gasteiger partial charge < -0.3 is 14.8 Å². The van der Waals surface area contributed by atoms with Crippen LogP contribution in [0.5, 0.6) is 11.5 Å². The number of amides is 1. The maximum Gasteiger partial charge on any atom is 0.241 e. The van der Waals surface area contributed by atoms with Gasteiger partial charge in [-0.1, -0.05) is 11.6 Å². The number of carbonyl (C=O) groups excluding carboxylic acids is 1. The zero-order valence-corrected chi connectivity index (χ0v) is 16.4. The predicted octanol–water partition coefficient (Wildman–Crippen LogP) is 3.52. The number of aromatic nitrogens is 1. The number of benzene rings is 1. The number of hydrogen-bond donors (Lipinski definition) is 1. The van der Waals surface area contributed by atoms with E-state index in [-0.39, 0.29) is 17.1 Å². The molecule has 7 heteroatoms. The Morgan fingerprint density at radius 1 is 1.31 bits per heavy atom. The lowest BCUT2D eigenvalue weighted by Crippen LogP contribution is -2.39. The molecule has 0 aliphatic carbocycles. The molecule has 6 nitrogen and oxygen atoms in total. The van der Waals surface area contributed by atoms with Crippen LogP contribution in [0, 0.1) is 6.92 Å². The van der Waals surface area contributed by atoms with E-state index in [1.54, 1.807) is 32.5 Å². The van der Waals surface area contributed by atoms with Crippen molar-refractivity contribution >= 4 is 23.2 Å². The van der Waals surface area contributed by atoms with Crippen molar-refractivity contribution in [2.75, 3.05) is 26.6 Å². The summed E-state index contributed by atoms with van der Waals surface area (Å²) in [4.78, 5) is 18.4. The number of halogens is 1. The van der Waals surface area contributed by atoms with Crippen molar-refractivity contribution < 1.29 is 14.3 Å². The molecule has 1 aromatic carbocycles. The van der Waals surface area contributed by atoms with Crippen LogP contribution in [-0.2, 0) is 11.3 Å². The molecule has 0 saturated heterocycles. The summed E-state index contributed by atoms with van der Waals surface area (Å²) in [5.74, 6) is 1.20. The van der Waals surface area contributed by atoms with Gasteiger partial charge in [-0.2, -0.15) is 0 Å². The van der Waals surface area contributed by atoms with Gasteiger partial charge in [0, 0.05) is 12.7 Å². The predicted molar refractivity (Wildman–Crippen MR) is 103 cm³/mol. The van der Waals surface area contributed by atoms with E-state index < -0.39 is 0 Å². The van der Waals surface area contributed by atoms with E-state index in [9.17, 15) is 4.79 Å². The third kappa shape index (κ3) is 4.65. The highest BCUT2D eigenvalue weighted by atomic mass is 35.5. The monoisotopic (exact) mass is 377 g/mol. The van der Waals surface area contributed by atoms with E-state index in [0.717, 1.165) is 11.1 Å². The number of ether oxygens (including phenoxy) is 2. The fourth-order valence-electron chi connectivity index (χ4n) is 2.52. The maximum absolute atomic E-state index is 12.5. The second kappa shape index (κ2) is 8.87. The minimum Gasteiger partial charge on any atom is -0.493 e. The third-order valence-corrected chi connectivity index (χ3v) is 4.62. The SMILES string of the molecule is COc1cc(C)c(CN(C)[C@H](C)C(=O)Nc2cccnc2Cl)cc1OC. The smallest absolute Gasteiger partial charge is 0.241 e. The lowest BCUT2D eigenvalue weighted by atomic mass is 10.1. The van der Waals surface area contributed by atoms with Gasteiger partial charge in [0.25, 0.3) is 0 Å². The first-order valence-electron chi connectivity index (χ1n) is 8.20. The van der Waals surface area contributed by atoms with Crippen molar-refractivity contribution in [1.82, 2.24) is 9.88 Å². The molecule has 0 bridgehead atoms. The Hall–Kier alpha value is -2.31. The lowest BCUT2D eigenvalue weighted by molar-refractivity contribution is -0.120. The minimum absolute atomic E-state index is 0.152. The maximum atomic E-state index is 12.5. The molecule has 0 spiro atoms. The number of carbonyl (C=O) groups is 1. The highest BCUT2D eigenvalue weighted by molar-refractivity contribution is 6.32. The zero-order chi connectivity index (χ0) is 19.3. The number of pyridine rings is 1. The summed E-state index contributed by atoms with van der Waals surface area (Å²) >= 11 is 6.00. The van der Waals surface area contributed by atoms with E-state index in [1.807, 2.05) is 37.9 Å². The van der Waals surface area contributed by atoms with Gasteiger partial charge in [0.1, 0.15) is 0 Å². The van der Waals surface area contributed by atoms with Crippen LogP contribution in [0.25, 0.3) is 0 Å². The van der Waals surface area contributed by atoms with Gasteiger partial charge in [0.15, 0.2) is 16.7 Å². The number of aryl methyl sites for hydroxylation is 1. The highest BCUT2D eigenvalue weighted by Crippen LogP contribution is 2.31. The summed E-state index contributed by atoms with van der Waals surface area (Å²) in [6.45, 7) is 4.43. The van der Waals surface area contributed by atoms with E-state index in [1.165, 1.54) is 0 Å². The fraction of sp³-hybridized carbons (Fsp3) is 0.368. The molecule has 0 radical (unpaired) electrons. The van der Waals surface area contributed by atoms with Crippen LogP contribution >= 0.6 is 11.6 Å². The van der Waals surface area contributed by atoms with Crippen LogP contribution in [0.2, 0.25) is 5.15 Å². The zero-order valence-electron chi connectivity index (χ0n) is 15.7. The second-order valence-corrected chi connectivity index (χ2v) is 6.41. The fourth-order valence-corrected chi connectivity index (χ4v) is 2.68. The summed E-state index contributed by atoms with van der Waals surface area (Å²) < 4.78 is 10.7. The lowest BCUT2D eigenvalue weighted by Gasteiger charge is -2.25. The van der Waals surface area contributed by atoms with Gasteiger partial charge >= 0.3 is 0 Å². The second-order valence-electron chi connectivity index (χ2n) is 6.06. The standard InChI is InChI=1S/C19H24ClN3O3/c1-12-9-16(25-4)17(26-5)10-14(12)11-23(3)13(2)19(24)22-15-7-6-8-21-18(15)20/h6-10,13H,11H2,1-5H3,(H,22,24)/t13-/m1/s1. The van der Waals surface area contributed by atoms with E-state index in [4.69, 9.17) is 21.1 Å². The molecule has 0 aliphatic heterocycles. The molecule has 1 atom stereocenters. The van der Waals surface area contributed by atoms with Crippen LogP contribution in [0.15, 0.2) is 30.5 Å². The highest BCUT2D eigenvalue weighted by Gasteiger charge is 2.20. The van der Waals surface area contributed by atoms with Gasteiger partial charge in [-0.25, -0.2) is 4.98 Å². The number of methoxy groups -OCH3 is 2. The average molecular weight is 378 g/mol. The molecule has 0 unspecified atom stereocenters. The Bertz CT molecular complexity index is 783. The van der Waals surface area contributed by atoms with Crippen molar-refractivity contribution in [3.63, 3.8) is 0 Å². The topological polar surface area (TPSA) is 63.7 Å². The Morgan fingerprint density at radius 3 is 2.58 bits per heavy atom. The number of nitrogens with zero attached hydrogens (tertiary/aromatic N) is 2. The normalized spacial score (nSPS) is 12.0. The van der Waals surface area contributed by atoms with Gasteiger partial charge in [0.05, 0.1) is 25.9 Å². The average Bonchev–Trinajstić information content (AvgIpc) is 2.63. The number of nitrogens with one attached hydrogen (secondary N) is 1. The van der Waals surface area contributed by atoms with Crippen molar-refractivity contribution in [2.45, 2.75) is 26.4 Å². The Kier molecular flexibility index (Phi) is 6.83. The molecule has 1 N–H and O–H groups in total. The van der Waals surface area contributed by atoms with E-state index >= 15 is 0 Å². The molecule has 0 fully saturated rings. The first-order valence-corrected chi connectivity index (χ1v) is 8.58. The summed E-state index contributed by atoms with van der Waals surface area (Å²) in [5, 5.41) is 3.08. The number of anilines is 1. The number of hydrogen-bond acceptors (Lipinski definition) is 5. The Balaban J connectivity index is 2.10. The molecule has 26 heavy (non-hydrogen) atoms. The van der Waals surface area contributed by atoms with Crippen LogP contribution in [0.3, 0.4) is 0 Å². The van der Waals surface area contributed by atoms with Crippen LogP contribution < -0.4 is 14.8 Å². The van der Waals surface area contributed by atoms with Gasteiger partial charge in [-0.3, -0.25) is 9.69 Å². The van der Waals surface area contributed by atoms with E-state index in [2.05, 4.69) is 10.3 Å². The van der Waals surface area contributed by atoms with Crippen molar-refractivity contribution in [1.29, 1.82) is 0 Å². The van der Waals surface area contributed by atoms with Crippen molar-refractivity contribution in [2.24, 2.45) is 0 Å². The largest absolute Gasteiger partial charge is 0.493 e. The third-order valence-electron chi connectivity index (χ3n) is 4.32. The summed E-state index contributed by atoms with van der Waals surface area (Å²) in [6, 6.07) is 6.95. The Morgan fingerprint density at radius 2 is 1.96 bits per heavy atom. The number of rotatable bonds is 7. The summed E-state index contributed by atoms with van der Waals surface area (Å²) in [5.41, 5.74) is 2.63. The van der Waals surface area contributed by atoms with Gasteiger partial charge in [-0.05, 0) is 56.3 Å². The van der Waals surface area contributed by atoms with Crippen LogP contribution in [0.4, 0.5) is 5.69 Å². The molecular formula is C19H24ClN3O3.